The van der Waals surface area contributed by atoms with Gasteiger partial charge < -0.3 is 20.1 Å². The van der Waals surface area contributed by atoms with Crippen LogP contribution in [0.3, 0.4) is 0 Å². The van der Waals surface area contributed by atoms with Gasteiger partial charge >= 0.3 is 5.97 Å². The van der Waals surface area contributed by atoms with Crippen LogP contribution in [0, 0.1) is 23.2 Å². The van der Waals surface area contributed by atoms with Crippen molar-refractivity contribution < 1.29 is 19.4 Å². The van der Waals surface area contributed by atoms with Gasteiger partial charge in [-0.3, -0.25) is 4.79 Å². The van der Waals surface area contributed by atoms with Crippen molar-refractivity contribution in [2.45, 2.75) is 111 Å². The molecule has 0 radical (unpaired) electrons. The van der Waals surface area contributed by atoms with Crippen LogP contribution < -0.4 is 10.1 Å². The Labute approximate surface area is 252 Å². The Bertz CT molecular complexity index is 1180. The quantitative estimate of drug-likeness (QED) is 0.305. The van der Waals surface area contributed by atoms with Crippen molar-refractivity contribution in [3.05, 3.63) is 59.3 Å². The number of rotatable bonds is 11. The zero-order chi connectivity index (χ0) is 30.4. The van der Waals surface area contributed by atoms with Crippen molar-refractivity contribution in [2.75, 3.05) is 7.11 Å². The lowest BCUT2D eigenvalue weighted by Crippen LogP contribution is -2.49. The fraction of sp³-hybridized carbons (Fsp3) is 0.629. The average molecular weight is 578 g/mol. The van der Waals surface area contributed by atoms with Gasteiger partial charge in [-0.2, -0.15) is 0 Å². The Morgan fingerprint density at radius 1 is 1.10 bits per heavy atom. The number of amides is 1. The maximum atomic E-state index is 14.3. The first-order chi connectivity index (χ1) is 20.1. The van der Waals surface area contributed by atoms with Crippen LogP contribution in [-0.2, 0) is 22.6 Å². The molecule has 1 saturated carbocycles. The molecule has 0 spiro atoms. The minimum absolute atomic E-state index is 0.0130. The van der Waals surface area contributed by atoms with Gasteiger partial charge in [0.2, 0.25) is 11.8 Å². The van der Waals surface area contributed by atoms with Gasteiger partial charge in [-0.25, -0.2) is 9.78 Å². The highest BCUT2D eigenvalue weighted by atomic mass is 16.5. The first kappa shape index (κ1) is 32.0. The number of likely N-dealkylation sites (tertiary alicyclic amines) is 1. The minimum atomic E-state index is -0.935. The van der Waals surface area contributed by atoms with E-state index in [4.69, 9.17) is 4.74 Å². The molecule has 4 rings (SSSR count). The third-order valence-electron chi connectivity index (χ3n) is 9.65. The number of carbonyl (C=O) groups excluding carboxylic acids is 1. The number of nitrogens with one attached hydrogen (secondary N) is 1. The Morgan fingerprint density at radius 3 is 2.33 bits per heavy atom. The second-order valence-corrected chi connectivity index (χ2v) is 13.4. The first-order valence-corrected chi connectivity index (χ1v) is 16.0. The predicted octanol–water partition coefficient (Wildman–Crippen LogP) is 6.81. The van der Waals surface area contributed by atoms with Gasteiger partial charge in [0.15, 0.2) is 0 Å². The normalized spacial score (nSPS) is 23.4. The molecule has 1 aliphatic heterocycles. The van der Waals surface area contributed by atoms with Crippen LogP contribution in [0.2, 0.25) is 0 Å². The summed E-state index contributed by atoms with van der Waals surface area (Å²) in [4.78, 5) is 33.8. The van der Waals surface area contributed by atoms with Crippen molar-refractivity contribution in [3.8, 4) is 5.88 Å². The minimum Gasteiger partial charge on any atom is -0.481 e. The van der Waals surface area contributed by atoms with E-state index in [1.165, 1.54) is 5.56 Å². The second-order valence-electron chi connectivity index (χ2n) is 13.4. The van der Waals surface area contributed by atoms with Gasteiger partial charge in [0.05, 0.1) is 13.2 Å². The highest BCUT2D eigenvalue weighted by molar-refractivity contribution is 5.87. The lowest BCUT2D eigenvalue weighted by atomic mass is 9.72. The summed E-state index contributed by atoms with van der Waals surface area (Å²) in [5.74, 6) is -0.227. The molecular weight excluding hydrogens is 526 g/mol. The zero-order valence-electron chi connectivity index (χ0n) is 26.4. The molecular formula is C35H51N3O4. The lowest BCUT2D eigenvalue weighted by molar-refractivity contribution is -0.154. The average Bonchev–Trinajstić information content (AvgIpc) is 3.35. The number of carboxylic acid groups (broad SMARTS) is 1. The van der Waals surface area contributed by atoms with E-state index in [0.717, 1.165) is 62.5 Å². The summed E-state index contributed by atoms with van der Waals surface area (Å²) >= 11 is 0. The fourth-order valence-electron chi connectivity index (χ4n) is 7.40. The van der Waals surface area contributed by atoms with Crippen LogP contribution in [0.4, 0.5) is 0 Å². The number of pyridine rings is 1. The van der Waals surface area contributed by atoms with E-state index >= 15 is 0 Å². The summed E-state index contributed by atoms with van der Waals surface area (Å²) in [6, 6.07) is 10.5. The third kappa shape index (κ3) is 6.99. The van der Waals surface area contributed by atoms with Crippen molar-refractivity contribution in [2.24, 2.45) is 23.2 Å². The molecule has 2 heterocycles. The first-order valence-electron chi connectivity index (χ1n) is 16.0. The SMILES string of the molecule is CCC(CC)Cc1cnc(OC)c(CN[C@H]2[C@H](C(C)(C)C)[C@@H](C(=O)O)N(C(=O)C3CCCCC3)[C@H]2c2ccccc2)c1. The monoisotopic (exact) mass is 577 g/mol. The largest absolute Gasteiger partial charge is 0.481 e. The number of aliphatic carboxylic acids is 1. The van der Waals surface area contributed by atoms with E-state index in [1.54, 1.807) is 12.0 Å². The van der Waals surface area contributed by atoms with Crippen LogP contribution in [0.1, 0.15) is 102 Å². The molecule has 1 aliphatic carbocycles. The number of benzene rings is 1. The fourth-order valence-corrected chi connectivity index (χ4v) is 7.40. The van der Waals surface area contributed by atoms with E-state index in [2.05, 4.69) is 51.0 Å². The highest BCUT2D eigenvalue weighted by Gasteiger charge is 2.58. The number of carbonyl (C=O) groups is 2. The van der Waals surface area contributed by atoms with Crippen molar-refractivity contribution in [1.29, 1.82) is 0 Å². The molecule has 2 N–H and O–H groups in total. The summed E-state index contributed by atoms with van der Waals surface area (Å²) in [6.45, 7) is 11.2. The Balaban J connectivity index is 1.76. The van der Waals surface area contributed by atoms with Crippen LogP contribution >= 0.6 is 0 Å². The molecule has 1 aromatic carbocycles. The molecule has 2 aromatic rings. The molecule has 7 heteroatoms. The maximum Gasteiger partial charge on any atom is 0.326 e. The topological polar surface area (TPSA) is 91.8 Å². The van der Waals surface area contributed by atoms with Crippen LogP contribution in [0.5, 0.6) is 5.88 Å². The molecule has 1 aromatic heterocycles. The number of aromatic nitrogens is 1. The highest BCUT2D eigenvalue weighted by Crippen LogP contribution is 2.49. The van der Waals surface area contributed by atoms with Gasteiger partial charge in [-0.1, -0.05) is 97.1 Å². The number of carboxylic acids is 1. The smallest absolute Gasteiger partial charge is 0.326 e. The molecule has 1 saturated heterocycles. The molecule has 2 aliphatic rings. The molecule has 2 fully saturated rings. The number of methoxy groups -OCH3 is 1. The van der Waals surface area contributed by atoms with Gasteiger partial charge in [-0.05, 0) is 47.8 Å². The van der Waals surface area contributed by atoms with Crippen LogP contribution in [0.25, 0.3) is 0 Å². The van der Waals surface area contributed by atoms with Crippen molar-refractivity contribution >= 4 is 11.9 Å². The van der Waals surface area contributed by atoms with E-state index in [1.807, 2.05) is 36.5 Å². The Kier molecular flexibility index (Phi) is 10.7. The van der Waals surface area contributed by atoms with E-state index < -0.39 is 18.1 Å². The van der Waals surface area contributed by atoms with Crippen LogP contribution in [0.15, 0.2) is 42.6 Å². The van der Waals surface area contributed by atoms with Crippen molar-refractivity contribution in [3.63, 3.8) is 0 Å². The summed E-state index contributed by atoms with van der Waals surface area (Å²) in [5.41, 5.74) is 2.71. The molecule has 0 bridgehead atoms. The number of nitrogens with zero attached hydrogens (tertiary/aromatic N) is 2. The van der Waals surface area contributed by atoms with Crippen molar-refractivity contribution in [1.82, 2.24) is 15.2 Å². The summed E-state index contributed by atoms with van der Waals surface area (Å²) in [6.07, 6.45) is 9.92. The molecule has 230 valence electrons. The molecule has 1 amide bonds. The van der Waals surface area contributed by atoms with E-state index in [9.17, 15) is 14.7 Å². The summed E-state index contributed by atoms with van der Waals surface area (Å²) < 4.78 is 5.67. The zero-order valence-corrected chi connectivity index (χ0v) is 26.4. The Morgan fingerprint density at radius 2 is 1.76 bits per heavy atom. The van der Waals surface area contributed by atoms with Gasteiger partial charge in [0.25, 0.3) is 0 Å². The summed E-state index contributed by atoms with van der Waals surface area (Å²) in [5, 5.41) is 14.5. The maximum absolute atomic E-state index is 14.3. The van der Waals surface area contributed by atoms with E-state index in [-0.39, 0.29) is 29.2 Å². The summed E-state index contributed by atoms with van der Waals surface area (Å²) in [7, 11) is 1.64. The van der Waals surface area contributed by atoms with Gasteiger partial charge in [0, 0.05) is 36.2 Å². The van der Waals surface area contributed by atoms with Crippen LogP contribution in [-0.4, -0.2) is 46.1 Å². The standard InChI is InChI=1S/C35H51N3O4/c1-7-23(8-2)19-24-20-27(32(42-6)37-21-24)22-36-29-28(35(3,4)5)31(34(40)41)38(30(29)25-15-11-9-12-16-25)33(39)26-17-13-10-14-18-26/h9,11-12,15-16,20-21,23,26,28-31,36H,7-8,10,13-14,17-19,22H2,1-6H3,(H,40,41)/t28-,29-,30-,31-/m0/s1. The lowest BCUT2D eigenvalue weighted by Gasteiger charge is -2.36. The number of hydrogen-bond donors (Lipinski definition) is 2. The molecule has 42 heavy (non-hydrogen) atoms. The number of hydrogen-bond acceptors (Lipinski definition) is 5. The van der Waals surface area contributed by atoms with Gasteiger partial charge in [0.1, 0.15) is 6.04 Å². The second kappa shape index (κ2) is 14.0. The molecule has 4 atom stereocenters. The number of ether oxygens (including phenoxy) is 1. The molecule has 0 unspecified atom stereocenters. The third-order valence-corrected chi connectivity index (χ3v) is 9.65. The Hall–Kier alpha value is -2.93. The van der Waals surface area contributed by atoms with E-state index in [0.29, 0.717) is 18.3 Å². The van der Waals surface area contributed by atoms with Gasteiger partial charge in [-0.15, -0.1) is 0 Å². The predicted molar refractivity (Wildman–Crippen MR) is 166 cm³/mol. The molecule has 7 nitrogen and oxygen atoms in total.